The van der Waals surface area contributed by atoms with Crippen LogP contribution < -0.4 is 0 Å². The van der Waals surface area contributed by atoms with E-state index >= 15 is 0 Å². The third-order valence-corrected chi connectivity index (χ3v) is 5.53. The zero-order chi connectivity index (χ0) is 19.2. The number of rotatable bonds is 6. The van der Waals surface area contributed by atoms with Crippen LogP contribution in [-0.2, 0) is 12.3 Å². The minimum Gasteiger partial charge on any atom is -0.452 e. The molecule has 0 aliphatic heterocycles. The average molecular weight is 441 g/mol. The smallest absolute Gasteiger partial charge is 0.255 e. The van der Waals surface area contributed by atoms with Gasteiger partial charge >= 0.3 is 0 Å². The van der Waals surface area contributed by atoms with E-state index in [2.05, 4.69) is 22.0 Å². The highest BCUT2D eigenvalue weighted by Crippen LogP contribution is 2.27. The van der Waals surface area contributed by atoms with Crippen LogP contribution in [0.5, 0.6) is 0 Å². The van der Waals surface area contributed by atoms with Crippen molar-refractivity contribution < 1.29 is 9.21 Å². The molecular weight excluding hydrogens is 424 g/mol. The van der Waals surface area contributed by atoms with Crippen LogP contribution >= 0.6 is 27.7 Å². The van der Waals surface area contributed by atoms with Crippen LogP contribution in [-0.4, -0.2) is 17.9 Å². The van der Waals surface area contributed by atoms with Crippen molar-refractivity contribution in [3.05, 3.63) is 87.8 Å². The molecule has 1 heterocycles. The van der Waals surface area contributed by atoms with Crippen LogP contribution in [0.4, 0.5) is 0 Å². The van der Waals surface area contributed by atoms with E-state index in [1.54, 1.807) is 23.7 Å². The van der Waals surface area contributed by atoms with Gasteiger partial charge in [-0.25, -0.2) is 0 Å². The van der Waals surface area contributed by atoms with Crippen molar-refractivity contribution >= 4 is 33.6 Å². The summed E-state index contributed by atoms with van der Waals surface area (Å²) < 4.78 is 6.14. The zero-order valence-corrected chi connectivity index (χ0v) is 17.1. The van der Waals surface area contributed by atoms with Gasteiger partial charge in [0.2, 0.25) is 0 Å². The van der Waals surface area contributed by atoms with E-state index in [0.29, 0.717) is 22.3 Å². The summed E-state index contributed by atoms with van der Waals surface area (Å²) in [6.07, 6.45) is 0. The topological polar surface area (TPSA) is 57.2 Å². The Hall–Kier alpha value is -2.49. The van der Waals surface area contributed by atoms with Gasteiger partial charge in [-0.05, 0) is 57.9 Å². The molecule has 0 radical (unpaired) electrons. The van der Waals surface area contributed by atoms with Gasteiger partial charge in [-0.3, -0.25) is 4.79 Å². The maximum atomic E-state index is 12.9. The summed E-state index contributed by atoms with van der Waals surface area (Å²) >= 11 is 4.88. The summed E-state index contributed by atoms with van der Waals surface area (Å²) in [7, 11) is 1.76. The number of furan rings is 1. The molecule has 0 N–H and O–H groups in total. The SMILES string of the molecule is CN(Cc1ccc(Br)o1)C(=O)c1ccccc1SCc1ccc(C#N)cc1. The van der Waals surface area contributed by atoms with Crippen LogP contribution in [0.3, 0.4) is 0 Å². The Balaban J connectivity index is 1.70. The Morgan fingerprint density at radius 3 is 2.56 bits per heavy atom. The van der Waals surface area contributed by atoms with Gasteiger partial charge in [0.1, 0.15) is 5.76 Å². The fourth-order valence-corrected chi connectivity index (χ4v) is 3.89. The Labute approximate surface area is 170 Å². The summed E-state index contributed by atoms with van der Waals surface area (Å²) in [4.78, 5) is 15.5. The molecule has 27 heavy (non-hydrogen) atoms. The first kappa shape index (κ1) is 19.3. The standard InChI is InChI=1S/C21H17BrN2O2S/c1-24(13-17-10-11-20(22)26-17)21(25)18-4-2-3-5-19(18)27-14-16-8-6-15(12-23)7-9-16/h2-11H,13-14H2,1H3. The second kappa shape index (κ2) is 8.94. The molecule has 0 aliphatic carbocycles. The Kier molecular flexibility index (Phi) is 6.38. The minimum absolute atomic E-state index is 0.0505. The quantitative estimate of drug-likeness (QED) is 0.476. The number of halogens is 1. The van der Waals surface area contributed by atoms with Crippen LogP contribution in [0.25, 0.3) is 0 Å². The molecule has 0 aliphatic rings. The van der Waals surface area contributed by atoms with Gasteiger partial charge in [-0.2, -0.15) is 5.26 Å². The van der Waals surface area contributed by atoms with Crippen molar-refractivity contribution in [3.63, 3.8) is 0 Å². The molecule has 136 valence electrons. The number of thioether (sulfide) groups is 1. The molecule has 0 saturated heterocycles. The lowest BCUT2D eigenvalue weighted by atomic mass is 10.2. The summed E-state index contributed by atoms with van der Waals surface area (Å²) in [5.74, 6) is 1.40. The van der Waals surface area contributed by atoms with Crippen molar-refractivity contribution in [2.45, 2.75) is 17.2 Å². The summed E-state index contributed by atoms with van der Waals surface area (Å²) in [5.41, 5.74) is 2.42. The van der Waals surface area contributed by atoms with Crippen molar-refractivity contribution in [2.24, 2.45) is 0 Å². The van der Waals surface area contributed by atoms with Gasteiger partial charge in [0.05, 0.1) is 23.7 Å². The van der Waals surface area contributed by atoms with Gasteiger partial charge in [0, 0.05) is 17.7 Å². The molecule has 1 aromatic heterocycles. The predicted molar refractivity (Wildman–Crippen MR) is 109 cm³/mol. The minimum atomic E-state index is -0.0505. The first-order valence-electron chi connectivity index (χ1n) is 8.27. The highest BCUT2D eigenvalue weighted by Gasteiger charge is 2.17. The van der Waals surface area contributed by atoms with E-state index < -0.39 is 0 Å². The van der Waals surface area contributed by atoms with Gasteiger partial charge in [-0.15, -0.1) is 11.8 Å². The van der Waals surface area contributed by atoms with E-state index in [1.807, 2.05) is 60.7 Å². The van der Waals surface area contributed by atoms with Gasteiger partial charge in [0.25, 0.3) is 5.91 Å². The first-order valence-corrected chi connectivity index (χ1v) is 10.0. The van der Waals surface area contributed by atoms with Gasteiger partial charge in [0.15, 0.2) is 4.67 Å². The second-order valence-electron chi connectivity index (χ2n) is 5.96. The fourth-order valence-electron chi connectivity index (χ4n) is 2.55. The molecule has 0 unspecified atom stereocenters. The van der Waals surface area contributed by atoms with Crippen LogP contribution in [0.1, 0.15) is 27.2 Å². The van der Waals surface area contributed by atoms with E-state index in [9.17, 15) is 4.79 Å². The van der Waals surface area contributed by atoms with Gasteiger partial charge < -0.3 is 9.32 Å². The highest BCUT2D eigenvalue weighted by atomic mass is 79.9. The summed E-state index contributed by atoms with van der Waals surface area (Å²) in [5, 5.41) is 8.89. The third kappa shape index (κ3) is 5.03. The average Bonchev–Trinajstić information content (AvgIpc) is 3.11. The molecule has 0 bridgehead atoms. The Morgan fingerprint density at radius 2 is 1.89 bits per heavy atom. The molecule has 1 amide bonds. The molecule has 0 fully saturated rings. The van der Waals surface area contributed by atoms with Gasteiger partial charge in [-0.1, -0.05) is 24.3 Å². The van der Waals surface area contributed by atoms with E-state index in [1.165, 1.54) is 0 Å². The fraction of sp³-hybridized carbons (Fsp3) is 0.143. The summed E-state index contributed by atoms with van der Waals surface area (Å²) in [6.45, 7) is 0.402. The first-order chi connectivity index (χ1) is 13.1. The van der Waals surface area contributed by atoms with E-state index in [-0.39, 0.29) is 5.91 Å². The molecule has 3 aromatic rings. The van der Waals surface area contributed by atoms with Crippen molar-refractivity contribution in [1.29, 1.82) is 5.26 Å². The molecule has 0 spiro atoms. The second-order valence-corrected chi connectivity index (χ2v) is 7.76. The number of nitrogens with zero attached hydrogens (tertiary/aromatic N) is 2. The van der Waals surface area contributed by atoms with E-state index in [0.717, 1.165) is 22.0 Å². The number of hydrogen-bond acceptors (Lipinski definition) is 4. The lowest BCUT2D eigenvalue weighted by Gasteiger charge is -2.18. The zero-order valence-electron chi connectivity index (χ0n) is 14.7. The Morgan fingerprint density at radius 1 is 1.15 bits per heavy atom. The molecule has 0 atom stereocenters. The number of carbonyl (C=O) groups is 1. The Bertz CT molecular complexity index is 976. The lowest BCUT2D eigenvalue weighted by Crippen LogP contribution is -2.26. The maximum absolute atomic E-state index is 12.9. The van der Waals surface area contributed by atoms with Crippen molar-refractivity contribution in [2.75, 3.05) is 7.05 Å². The van der Waals surface area contributed by atoms with Crippen molar-refractivity contribution in [3.8, 4) is 6.07 Å². The van der Waals surface area contributed by atoms with Crippen molar-refractivity contribution in [1.82, 2.24) is 4.90 Å². The van der Waals surface area contributed by atoms with E-state index in [4.69, 9.17) is 9.68 Å². The molecule has 4 nitrogen and oxygen atoms in total. The number of amides is 1. The normalized spacial score (nSPS) is 10.4. The lowest BCUT2D eigenvalue weighted by molar-refractivity contribution is 0.0771. The highest BCUT2D eigenvalue weighted by molar-refractivity contribution is 9.10. The van der Waals surface area contributed by atoms with Crippen LogP contribution in [0, 0.1) is 11.3 Å². The monoisotopic (exact) mass is 440 g/mol. The molecule has 3 rings (SSSR count). The molecule has 6 heteroatoms. The molecule has 0 saturated carbocycles. The molecule has 2 aromatic carbocycles. The molecular formula is C21H17BrN2O2S. The van der Waals surface area contributed by atoms with Crippen LogP contribution in [0.2, 0.25) is 0 Å². The summed E-state index contributed by atoms with van der Waals surface area (Å²) in [6, 6.07) is 20.9. The number of carbonyl (C=O) groups excluding carboxylic acids is 1. The third-order valence-electron chi connectivity index (χ3n) is 3.96. The largest absolute Gasteiger partial charge is 0.452 e. The number of hydrogen-bond donors (Lipinski definition) is 0. The maximum Gasteiger partial charge on any atom is 0.255 e. The van der Waals surface area contributed by atoms with Crippen LogP contribution in [0.15, 0.2) is 74.6 Å². The number of benzene rings is 2. The number of nitriles is 1. The predicted octanol–water partition coefficient (Wildman–Crippen LogP) is 5.48.